The highest BCUT2D eigenvalue weighted by Gasteiger charge is 2.22. The van der Waals surface area contributed by atoms with E-state index in [9.17, 15) is 9.59 Å². The maximum absolute atomic E-state index is 11.4. The molecule has 0 atom stereocenters. The number of carboxylic acid groups (broad SMARTS) is 1. The van der Waals surface area contributed by atoms with Crippen LogP contribution in [-0.4, -0.2) is 31.9 Å². The maximum Gasteiger partial charge on any atom is 0.358 e. The summed E-state index contributed by atoms with van der Waals surface area (Å²) in [6.07, 6.45) is 0. The van der Waals surface area contributed by atoms with E-state index < -0.39 is 5.97 Å². The fourth-order valence-electron chi connectivity index (χ4n) is 2.01. The average Bonchev–Trinajstić information content (AvgIpc) is 2.83. The van der Waals surface area contributed by atoms with Crippen LogP contribution in [0.3, 0.4) is 0 Å². The molecule has 6 heteroatoms. The predicted molar refractivity (Wildman–Crippen MR) is 72.4 cm³/mol. The number of aromatic nitrogens is 3. The highest BCUT2D eigenvalue weighted by atomic mass is 16.4. The van der Waals surface area contributed by atoms with Gasteiger partial charge in [-0.2, -0.15) is 0 Å². The van der Waals surface area contributed by atoms with Crippen LogP contribution >= 0.6 is 0 Å². The van der Waals surface area contributed by atoms with E-state index >= 15 is 0 Å². The van der Waals surface area contributed by atoms with Crippen molar-refractivity contribution >= 4 is 11.8 Å². The Morgan fingerprint density at radius 3 is 2.55 bits per heavy atom. The highest BCUT2D eigenvalue weighted by Crippen LogP contribution is 2.22. The molecular formula is C14H15N3O3. The molecule has 1 aromatic heterocycles. The van der Waals surface area contributed by atoms with Gasteiger partial charge in [0.1, 0.15) is 0 Å². The molecule has 0 aliphatic heterocycles. The molecule has 0 amide bonds. The Labute approximate surface area is 116 Å². The first-order valence-electron chi connectivity index (χ1n) is 6.22. The van der Waals surface area contributed by atoms with Crippen LogP contribution in [0.4, 0.5) is 0 Å². The van der Waals surface area contributed by atoms with E-state index in [0.29, 0.717) is 16.9 Å². The Kier molecular flexibility index (Phi) is 3.65. The molecule has 0 fully saturated rings. The molecule has 20 heavy (non-hydrogen) atoms. The lowest BCUT2D eigenvalue weighted by Gasteiger charge is -2.10. The van der Waals surface area contributed by atoms with Gasteiger partial charge in [-0.15, -0.1) is 5.10 Å². The Morgan fingerprint density at radius 2 is 2.00 bits per heavy atom. The van der Waals surface area contributed by atoms with Gasteiger partial charge in [-0.25, -0.2) is 9.48 Å². The van der Waals surface area contributed by atoms with Gasteiger partial charge in [0.15, 0.2) is 11.5 Å². The van der Waals surface area contributed by atoms with Gasteiger partial charge in [0.25, 0.3) is 0 Å². The standard InChI is InChI=1S/C14H15N3O3/c1-8(2)13-12(14(19)20)15-16-17(13)11-6-4-5-10(7-11)9(3)18/h4-8H,1-3H3,(H,19,20). The Bertz CT molecular complexity index is 674. The molecule has 104 valence electrons. The number of hydrogen-bond donors (Lipinski definition) is 1. The largest absolute Gasteiger partial charge is 0.476 e. The normalized spacial score (nSPS) is 10.8. The van der Waals surface area contributed by atoms with E-state index in [1.54, 1.807) is 24.3 Å². The molecule has 1 N–H and O–H groups in total. The van der Waals surface area contributed by atoms with Crippen LogP contribution in [0.5, 0.6) is 0 Å². The second-order valence-electron chi connectivity index (χ2n) is 4.80. The molecule has 0 aliphatic rings. The minimum atomic E-state index is -1.11. The molecular weight excluding hydrogens is 258 g/mol. The number of Topliss-reactive ketones (excluding diaryl/α,β-unsaturated/α-hetero) is 1. The Balaban J connectivity index is 2.61. The zero-order valence-electron chi connectivity index (χ0n) is 11.5. The first-order chi connectivity index (χ1) is 9.41. The monoisotopic (exact) mass is 273 g/mol. The molecule has 1 heterocycles. The summed E-state index contributed by atoms with van der Waals surface area (Å²) in [5.41, 5.74) is 1.62. The number of carboxylic acids is 1. The number of carbonyl (C=O) groups is 2. The van der Waals surface area contributed by atoms with Crippen molar-refractivity contribution in [3.8, 4) is 5.69 Å². The summed E-state index contributed by atoms with van der Waals surface area (Å²) < 4.78 is 1.47. The lowest BCUT2D eigenvalue weighted by Crippen LogP contribution is -2.09. The Hall–Kier alpha value is -2.50. The van der Waals surface area contributed by atoms with Gasteiger partial charge in [0.2, 0.25) is 0 Å². The van der Waals surface area contributed by atoms with Crippen LogP contribution in [-0.2, 0) is 0 Å². The molecule has 0 radical (unpaired) electrons. The summed E-state index contributed by atoms with van der Waals surface area (Å²) in [6.45, 7) is 5.22. The number of carbonyl (C=O) groups excluding carboxylic acids is 1. The van der Waals surface area contributed by atoms with Crippen molar-refractivity contribution in [2.45, 2.75) is 26.7 Å². The van der Waals surface area contributed by atoms with Crippen LogP contribution in [0.2, 0.25) is 0 Å². The summed E-state index contributed by atoms with van der Waals surface area (Å²) in [5.74, 6) is -1.23. The first-order valence-corrected chi connectivity index (χ1v) is 6.22. The van der Waals surface area contributed by atoms with Gasteiger partial charge in [-0.05, 0) is 25.0 Å². The van der Waals surface area contributed by atoms with Crippen LogP contribution < -0.4 is 0 Å². The summed E-state index contributed by atoms with van der Waals surface area (Å²) in [7, 11) is 0. The molecule has 0 saturated heterocycles. The Morgan fingerprint density at radius 1 is 1.30 bits per heavy atom. The third kappa shape index (κ3) is 2.45. The number of benzene rings is 1. The zero-order chi connectivity index (χ0) is 14.9. The van der Waals surface area contributed by atoms with Crippen molar-refractivity contribution in [2.24, 2.45) is 0 Å². The molecule has 0 bridgehead atoms. The van der Waals surface area contributed by atoms with E-state index in [0.717, 1.165) is 0 Å². The SMILES string of the molecule is CC(=O)c1cccc(-n2nnc(C(=O)O)c2C(C)C)c1. The van der Waals surface area contributed by atoms with Gasteiger partial charge >= 0.3 is 5.97 Å². The third-order valence-corrected chi connectivity index (χ3v) is 2.95. The van der Waals surface area contributed by atoms with E-state index in [-0.39, 0.29) is 17.4 Å². The third-order valence-electron chi connectivity index (χ3n) is 2.95. The minimum Gasteiger partial charge on any atom is -0.476 e. The first kappa shape index (κ1) is 13.9. The molecule has 2 rings (SSSR count). The van der Waals surface area contributed by atoms with Crippen molar-refractivity contribution in [1.29, 1.82) is 0 Å². The molecule has 0 spiro atoms. The van der Waals surface area contributed by atoms with Crippen LogP contribution in [0.1, 0.15) is 53.2 Å². The van der Waals surface area contributed by atoms with Crippen molar-refractivity contribution in [2.75, 3.05) is 0 Å². The van der Waals surface area contributed by atoms with Crippen molar-refractivity contribution in [3.63, 3.8) is 0 Å². The second-order valence-corrected chi connectivity index (χ2v) is 4.80. The fraction of sp³-hybridized carbons (Fsp3) is 0.286. The average molecular weight is 273 g/mol. The van der Waals surface area contributed by atoms with Gasteiger partial charge in [0, 0.05) is 5.56 Å². The number of nitrogens with zero attached hydrogens (tertiary/aromatic N) is 3. The van der Waals surface area contributed by atoms with Crippen molar-refractivity contribution in [1.82, 2.24) is 15.0 Å². The number of hydrogen-bond acceptors (Lipinski definition) is 4. The van der Waals surface area contributed by atoms with Gasteiger partial charge in [0.05, 0.1) is 11.4 Å². The van der Waals surface area contributed by atoms with E-state index in [1.807, 2.05) is 13.8 Å². The van der Waals surface area contributed by atoms with Crippen LogP contribution in [0.15, 0.2) is 24.3 Å². The van der Waals surface area contributed by atoms with Crippen molar-refractivity contribution in [3.05, 3.63) is 41.2 Å². The smallest absolute Gasteiger partial charge is 0.358 e. The van der Waals surface area contributed by atoms with E-state index in [1.165, 1.54) is 11.6 Å². The van der Waals surface area contributed by atoms with Gasteiger partial charge in [-0.3, -0.25) is 4.79 Å². The summed E-state index contributed by atoms with van der Waals surface area (Å²) >= 11 is 0. The quantitative estimate of drug-likeness (QED) is 0.864. The van der Waals surface area contributed by atoms with Crippen molar-refractivity contribution < 1.29 is 14.7 Å². The lowest BCUT2D eigenvalue weighted by molar-refractivity contribution is 0.0688. The molecule has 0 aliphatic carbocycles. The van der Waals surface area contributed by atoms with Crippen LogP contribution in [0.25, 0.3) is 5.69 Å². The lowest BCUT2D eigenvalue weighted by atomic mass is 10.1. The van der Waals surface area contributed by atoms with E-state index in [2.05, 4.69) is 10.3 Å². The molecule has 1 aromatic carbocycles. The predicted octanol–water partition coefficient (Wildman–Crippen LogP) is 2.29. The molecule has 6 nitrogen and oxygen atoms in total. The van der Waals surface area contributed by atoms with Gasteiger partial charge in [-0.1, -0.05) is 31.2 Å². The minimum absolute atomic E-state index is 0.0583. The topological polar surface area (TPSA) is 85.1 Å². The summed E-state index contributed by atoms with van der Waals surface area (Å²) in [4.78, 5) is 22.6. The maximum atomic E-state index is 11.4. The van der Waals surface area contributed by atoms with E-state index in [4.69, 9.17) is 5.11 Å². The highest BCUT2D eigenvalue weighted by molar-refractivity contribution is 5.94. The number of aromatic carboxylic acids is 1. The fourth-order valence-corrected chi connectivity index (χ4v) is 2.01. The second kappa shape index (κ2) is 5.24. The van der Waals surface area contributed by atoms with Gasteiger partial charge < -0.3 is 5.11 Å². The zero-order valence-corrected chi connectivity index (χ0v) is 11.5. The molecule has 0 saturated carbocycles. The van der Waals surface area contributed by atoms with Crippen LogP contribution in [0, 0.1) is 0 Å². The number of rotatable bonds is 4. The molecule has 2 aromatic rings. The molecule has 0 unspecified atom stereocenters. The number of ketones is 1. The summed E-state index contributed by atoms with van der Waals surface area (Å²) in [6, 6.07) is 6.88. The summed E-state index contributed by atoms with van der Waals surface area (Å²) in [5, 5.41) is 16.8.